The molecule has 2 aromatic rings. The van der Waals surface area contributed by atoms with Gasteiger partial charge < -0.3 is 9.72 Å². The summed E-state index contributed by atoms with van der Waals surface area (Å²) in [4.78, 5) is 15.0. The number of aromatic nitrogens is 1. The molecule has 5 heteroatoms. The second kappa shape index (κ2) is 5.20. The van der Waals surface area contributed by atoms with Gasteiger partial charge in [-0.1, -0.05) is 0 Å². The number of benzene rings is 1. The molecule has 1 aromatic heterocycles. The van der Waals surface area contributed by atoms with Gasteiger partial charge in [0.1, 0.15) is 5.82 Å². The Morgan fingerprint density at radius 2 is 2.35 bits per heavy atom. The summed E-state index contributed by atoms with van der Waals surface area (Å²) in [5, 5.41) is 0.915. The highest BCUT2D eigenvalue weighted by molar-refractivity contribution is 9.10. The van der Waals surface area contributed by atoms with E-state index in [4.69, 9.17) is 4.74 Å². The van der Waals surface area contributed by atoms with E-state index in [9.17, 15) is 9.18 Å². The molecular weight excluding hydrogens is 325 g/mol. The van der Waals surface area contributed by atoms with Crippen LogP contribution in [-0.4, -0.2) is 17.6 Å². The number of aryl methyl sites for hydroxylation is 1. The van der Waals surface area contributed by atoms with Crippen molar-refractivity contribution < 1.29 is 13.9 Å². The van der Waals surface area contributed by atoms with E-state index < -0.39 is 0 Å². The summed E-state index contributed by atoms with van der Waals surface area (Å²) in [7, 11) is 0. The molecule has 0 saturated carbocycles. The number of carbonyl (C=O) groups is 1. The highest BCUT2D eigenvalue weighted by Gasteiger charge is 2.29. The first-order valence-corrected chi connectivity index (χ1v) is 7.54. The van der Waals surface area contributed by atoms with E-state index >= 15 is 0 Å². The summed E-state index contributed by atoms with van der Waals surface area (Å²) < 4.78 is 19.3. The van der Waals surface area contributed by atoms with Gasteiger partial charge in [-0.2, -0.15) is 0 Å². The lowest BCUT2D eigenvalue weighted by molar-refractivity contribution is -0.143. The van der Waals surface area contributed by atoms with Crippen LogP contribution < -0.4 is 0 Å². The van der Waals surface area contributed by atoms with E-state index in [1.807, 2.05) is 0 Å². The molecular formula is C15H15BrFNO2. The van der Waals surface area contributed by atoms with Crippen molar-refractivity contribution in [2.75, 3.05) is 6.61 Å². The van der Waals surface area contributed by atoms with Crippen LogP contribution in [-0.2, 0) is 16.0 Å². The molecule has 1 aromatic carbocycles. The smallest absolute Gasteiger partial charge is 0.306 e. The Kier molecular flexibility index (Phi) is 3.54. The number of fused-ring (bicyclic) bond motifs is 3. The molecule has 1 N–H and O–H groups in total. The highest BCUT2D eigenvalue weighted by atomic mass is 79.9. The number of ether oxygens (including phenoxy) is 1. The quantitative estimate of drug-likeness (QED) is 0.857. The van der Waals surface area contributed by atoms with Crippen LogP contribution in [0.15, 0.2) is 16.6 Å². The normalized spacial score (nSPS) is 17.4. The van der Waals surface area contributed by atoms with Crippen molar-refractivity contribution in [3.63, 3.8) is 0 Å². The van der Waals surface area contributed by atoms with Gasteiger partial charge in [0.05, 0.1) is 18.5 Å². The lowest BCUT2D eigenvalue weighted by Crippen LogP contribution is -2.09. The lowest BCUT2D eigenvalue weighted by atomic mass is 10.0. The third-order valence-electron chi connectivity index (χ3n) is 3.83. The number of H-pyrrole nitrogens is 1. The first kappa shape index (κ1) is 13.6. The van der Waals surface area contributed by atoms with E-state index in [0.29, 0.717) is 13.0 Å². The van der Waals surface area contributed by atoms with E-state index in [2.05, 4.69) is 20.9 Å². The van der Waals surface area contributed by atoms with Crippen LogP contribution in [0.5, 0.6) is 0 Å². The zero-order chi connectivity index (χ0) is 14.3. The maximum absolute atomic E-state index is 13.5. The Hall–Kier alpha value is -1.36. The summed E-state index contributed by atoms with van der Waals surface area (Å²) in [6.07, 6.45) is 2.16. The second-order valence-electron chi connectivity index (χ2n) is 5.07. The van der Waals surface area contributed by atoms with Crippen LogP contribution in [0.1, 0.15) is 36.9 Å². The van der Waals surface area contributed by atoms with Gasteiger partial charge in [0.2, 0.25) is 0 Å². The minimum absolute atomic E-state index is 0.145. The van der Waals surface area contributed by atoms with Crippen LogP contribution in [0.3, 0.4) is 0 Å². The van der Waals surface area contributed by atoms with Gasteiger partial charge in [-0.25, -0.2) is 4.39 Å². The summed E-state index contributed by atoms with van der Waals surface area (Å²) >= 11 is 3.38. The molecule has 1 heterocycles. The van der Waals surface area contributed by atoms with Crippen LogP contribution in [0.2, 0.25) is 0 Å². The molecule has 3 nitrogen and oxygen atoms in total. The average Bonchev–Trinajstić information content (AvgIpc) is 2.91. The molecule has 0 spiro atoms. The maximum atomic E-state index is 13.5. The molecule has 20 heavy (non-hydrogen) atoms. The molecule has 1 aliphatic carbocycles. The van der Waals surface area contributed by atoms with Crippen molar-refractivity contribution in [3.8, 4) is 0 Å². The number of carbonyl (C=O) groups excluding carboxylic acids is 1. The Balaban J connectivity index is 1.98. The second-order valence-corrected chi connectivity index (χ2v) is 5.93. The van der Waals surface area contributed by atoms with Crippen molar-refractivity contribution in [2.45, 2.75) is 32.1 Å². The molecule has 0 amide bonds. The summed E-state index contributed by atoms with van der Waals surface area (Å²) in [6.45, 7) is 2.21. The fraction of sp³-hybridized carbons (Fsp3) is 0.400. The Morgan fingerprint density at radius 3 is 3.10 bits per heavy atom. The molecule has 3 rings (SSSR count). The standard InChI is InChI=1S/C15H15BrFNO2/c1-2-20-13(19)5-8-3-4-10-11-6-9(17)7-12(16)15(11)18-14(8)10/h6-8,18H,2-5H2,1H3. The molecule has 1 unspecified atom stereocenters. The number of rotatable bonds is 3. The highest BCUT2D eigenvalue weighted by Crippen LogP contribution is 2.41. The first-order chi connectivity index (χ1) is 9.60. The summed E-state index contributed by atoms with van der Waals surface area (Å²) in [5.41, 5.74) is 3.10. The fourth-order valence-electron chi connectivity index (χ4n) is 3.00. The zero-order valence-corrected chi connectivity index (χ0v) is 12.7. The third-order valence-corrected chi connectivity index (χ3v) is 4.46. The largest absolute Gasteiger partial charge is 0.466 e. The number of nitrogens with one attached hydrogen (secondary N) is 1. The van der Waals surface area contributed by atoms with Crippen molar-refractivity contribution in [1.29, 1.82) is 0 Å². The fourth-order valence-corrected chi connectivity index (χ4v) is 3.53. The van der Waals surface area contributed by atoms with Crippen molar-refractivity contribution in [3.05, 3.63) is 33.7 Å². The molecule has 0 radical (unpaired) electrons. The lowest BCUT2D eigenvalue weighted by Gasteiger charge is -2.09. The average molecular weight is 340 g/mol. The Morgan fingerprint density at radius 1 is 1.55 bits per heavy atom. The van der Waals surface area contributed by atoms with Gasteiger partial charge in [0.15, 0.2) is 0 Å². The Bertz CT molecular complexity index is 680. The minimum Gasteiger partial charge on any atom is -0.466 e. The summed E-state index contributed by atoms with van der Waals surface area (Å²) in [6, 6.07) is 3.01. The molecule has 1 atom stereocenters. The zero-order valence-electron chi connectivity index (χ0n) is 11.1. The van der Waals surface area contributed by atoms with Crippen LogP contribution in [0.4, 0.5) is 4.39 Å². The first-order valence-electron chi connectivity index (χ1n) is 6.75. The summed E-state index contributed by atoms with van der Waals surface area (Å²) in [5.74, 6) is -0.277. The monoisotopic (exact) mass is 339 g/mol. The number of aromatic amines is 1. The number of halogens is 2. The van der Waals surface area contributed by atoms with Gasteiger partial charge in [0.25, 0.3) is 0 Å². The molecule has 106 valence electrons. The predicted molar refractivity (Wildman–Crippen MR) is 78.3 cm³/mol. The van der Waals surface area contributed by atoms with Crippen molar-refractivity contribution >= 4 is 32.8 Å². The van der Waals surface area contributed by atoms with Crippen LogP contribution in [0.25, 0.3) is 10.9 Å². The maximum Gasteiger partial charge on any atom is 0.306 e. The van der Waals surface area contributed by atoms with Crippen LogP contribution >= 0.6 is 15.9 Å². The molecule has 0 aliphatic heterocycles. The van der Waals surface area contributed by atoms with Gasteiger partial charge in [-0.3, -0.25) is 4.79 Å². The SMILES string of the molecule is CCOC(=O)CC1CCc2c1[nH]c1c(Br)cc(F)cc21. The van der Waals surface area contributed by atoms with Gasteiger partial charge in [-0.15, -0.1) is 0 Å². The Labute approximate surface area is 124 Å². The van der Waals surface area contributed by atoms with E-state index in [1.54, 1.807) is 13.0 Å². The predicted octanol–water partition coefficient (Wildman–Crippen LogP) is 4.05. The van der Waals surface area contributed by atoms with E-state index in [1.165, 1.54) is 6.07 Å². The van der Waals surface area contributed by atoms with Gasteiger partial charge >= 0.3 is 5.97 Å². The molecule has 1 aliphatic rings. The minimum atomic E-state index is -0.250. The third kappa shape index (κ3) is 2.24. The molecule has 0 saturated heterocycles. The van der Waals surface area contributed by atoms with Gasteiger partial charge in [0, 0.05) is 21.5 Å². The van der Waals surface area contributed by atoms with Gasteiger partial charge in [-0.05, 0) is 53.4 Å². The topological polar surface area (TPSA) is 42.1 Å². The number of hydrogen-bond acceptors (Lipinski definition) is 2. The van der Waals surface area contributed by atoms with E-state index in [0.717, 1.165) is 39.5 Å². The van der Waals surface area contributed by atoms with Crippen molar-refractivity contribution in [1.82, 2.24) is 4.98 Å². The number of hydrogen-bond donors (Lipinski definition) is 1. The van der Waals surface area contributed by atoms with Crippen LogP contribution in [0, 0.1) is 5.82 Å². The number of esters is 1. The van der Waals surface area contributed by atoms with E-state index in [-0.39, 0.29) is 17.7 Å². The molecule has 0 fully saturated rings. The van der Waals surface area contributed by atoms with Crippen molar-refractivity contribution in [2.24, 2.45) is 0 Å². The molecule has 0 bridgehead atoms.